The van der Waals surface area contributed by atoms with Crippen molar-refractivity contribution in [1.29, 1.82) is 0 Å². The van der Waals surface area contributed by atoms with Crippen LogP contribution in [0.3, 0.4) is 0 Å². The van der Waals surface area contributed by atoms with E-state index in [4.69, 9.17) is 9.56 Å². The predicted molar refractivity (Wildman–Crippen MR) is 94.8 cm³/mol. The molecule has 8 nitrogen and oxygen atoms in total. The van der Waals surface area contributed by atoms with Gasteiger partial charge in [-0.2, -0.15) is 5.10 Å². The fourth-order valence-electron chi connectivity index (χ4n) is 2.10. The molecule has 1 amide bonds. The molecule has 0 aliphatic carbocycles. The molecule has 0 bridgehead atoms. The van der Waals surface area contributed by atoms with Gasteiger partial charge in [0.05, 0.1) is 16.7 Å². The Morgan fingerprint density at radius 3 is 2.58 bits per heavy atom. The van der Waals surface area contributed by atoms with Crippen molar-refractivity contribution in [3.05, 3.63) is 72.2 Å². The number of hydrazone groups is 1. The Morgan fingerprint density at radius 2 is 1.92 bits per heavy atom. The minimum Gasteiger partial charge on any atom is -0.455 e. The smallest absolute Gasteiger partial charge is 0.272 e. The number of nitrogens with two attached hydrogens (primary N) is 1. The van der Waals surface area contributed by atoms with Crippen molar-refractivity contribution in [2.75, 3.05) is 0 Å². The second kappa shape index (κ2) is 7.30. The van der Waals surface area contributed by atoms with Crippen LogP contribution >= 0.6 is 0 Å². The molecular weight excluding hydrogens is 356 g/mol. The topological polar surface area (TPSA) is 128 Å². The molecule has 9 heteroatoms. The first-order valence-corrected chi connectivity index (χ1v) is 8.94. The van der Waals surface area contributed by atoms with Crippen LogP contribution in [0.2, 0.25) is 0 Å². The Bertz CT molecular complexity index is 1040. The highest BCUT2D eigenvalue weighted by molar-refractivity contribution is 7.89. The Hall–Kier alpha value is -3.30. The first-order chi connectivity index (χ1) is 12.4. The van der Waals surface area contributed by atoms with E-state index in [0.29, 0.717) is 22.6 Å². The normalized spacial score (nSPS) is 11.6. The number of furan rings is 1. The molecule has 0 spiro atoms. The summed E-state index contributed by atoms with van der Waals surface area (Å²) in [4.78, 5) is 15.7. The maximum absolute atomic E-state index is 11.8. The number of primary sulfonamides is 1. The number of nitrogens with one attached hydrogen (secondary N) is 1. The van der Waals surface area contributed by atoms with E-state index in [1.165, 1.54) is 24.5 Å². The summed E-state index contributed by atoms with van der Waals surface area (Å²) in [5.74, 6) is 0.549. The Morgan fingerprint density at radius 1 is 1.15 bits per heavy atom. The number of aromatic nitrogens is 1. The number of pyridine rings is 1. The molecule has 0 atom stereocenters. The maximum atomic E-state index is 11.8. The van der Waals surface area contributed by atoms with Crippen LogP contribution in [0.5, 0.6) is 0 Å². The molecule has 3 rings (SSSR count). The Balaban J connectivity index is 1.67. The first kappa shape index (κ1) is 17.5. The largest absolute Gasteiger partial charge is 0.455 e. The molecule has 2 aromatic heterocycles. The van der Waals surface area contributed by atoms with Gasteiger partial charge in [-0.3, -0.25) is 9.78 Å². The summed E-state index contributed by atoms with van der Waals surface area (Å²) >= 11 is 0. The quantitative estimate of drug-likeness (QED) is 0.522. The molecule has 0 fully saturated rings. The molecule has 3 aromatic rings. The molecule has 132 valence electrons. The minimum atomic E-state index is -3.74. The zero-order valence-corrected chi connectivity index (χ0v) is 14.2. The highest BCUT2D eigenvalue weighted by Gasteiger charge is 2.09. The summed E-state index contributed by atoms with van der Waals surface area (Å²) in [7, 11) is -3.74. The van der Waals surface area contributed by atoms with E-state index in [1.807, 2.05) is 0 Å². The molecule has 1 aromatic carbocycles. The van der Waals surface area contributed by atoms with E-state index < -0.39 is 10.0 Å². The van der Waals surface area contributed by atoms with Crippen LogP contribution in [0.1, 0.15) is 16.1 Å². The van der Waals surface area contributed by atoms with Gasteiger partial charge in [-0.1, -0.05) is 0 Å². The molecule has 0 radical (unpaired) electrons. The number of carbonyl (C=O) groups is 1. The van der Waals surface area contributed by atoms with Crippen LogP contribution in [0.15, 0.2) is 75.3 Å². The summed E-state index contributed by atoms with van der Waals surface area (Å²) in [6, 6.07) is 12.6. The van der Waals surface area contributed by atoms with Crippen molar-refractivity contribution >= 4 is 22.1 Å². The van der Waals surface area contributed by atoms with Crippen molar-refractivity contribution in [3.63, 3.8) is 0 Å². The molecule has 0 aliphatic rings. The lowest BCUT2D eigenvalue weighted by Gasteiger charge is -2.00. The highest BCUT2D eigenvalue weighted by atomic mass is 32.2. The van der Waals surface area contributed by atoms with E-state index in [-0.39, 0.29) is 10.8 Å². The number of rotatable bonds is 5. The predicted octanol–water partition coefficient (Wildman–Crippen LogP) is 1.75. The van der Waals surface area contributed by atoms with Gasteiger partial charge in [0.1, 0.15) is 11.5 Å². The lowest BCUT2D eigenvalue weighted by molar-refractivity contribution is 0.0954. The third-order valence-corrected chi connectivity index (χ3v) is 4.30. The summed E-state index contributed by atoms with van der Waals surface area (Å²) < 4.78 is 28.1. The van der Waals surface area contributed by atoms with Gasteiger partial charge >= 0.3 is 0 Å². The molecular formula is C17H14N4O4S. The minimum absolute atomic E-state index is 0.0210. The van der Waals surface area contributed by atoms with Gasteiger partial charge in [0.2, 0.25) is 10.0 Å². The molecule has 0 saturated heterocycles. The molecule has 26 heavy (non-hydrogen) atoms. The molecule has 0 saturated carbocycles. The fraction of sp³-hybridized carbons (Fsp3) is 0. The van der Waals surface area contributed by atoms with E-state index in [9.17, 15) is 13.2 Å². The summed E-state index contributed by atoms with van der Waals surface area (Å²) in [6.07, 6.45) is 4.36. The zero-order chi connectivity index (χ0) is 18.6. The highest BCUT2D eigenvalue weighted by Crippen LogP contribution is 2.22. The standard InChI is InChI=1S/C17H14N4O4S/c18-26(23,24)15-6-3-12(4-7-15)16-8-5-14(25-16)11-20-21-17(22)13-2-1-9-19-10-13/h1-11H,(H,21,22)(H2,18,23,24)/b20-11-. The molecule has 0 unspecified atom stereocenters. The van der Waals surface area contributed by atoms with Gasteiger partial charge in [0.15, 0.2) is 0 Å². The van der Waals surface area contributed by atoms with Gasteiger partial charge in [0.25, 0.3) is 5.91 Å². The van der Waals surface area contributed by atoms with Crippen molar-refractivity contribution in [1.82, 2.24) is 10.4 Å². The second-order valence-electron chi connectivity index (χ2n) is 5.21. The lowest BCUT2D eigenvalue weighted by atomic mass is 10.2. The number of sulfonamides is 1. The number of benzene rings is 1. The van der Waals surface area contributed by atoms with Crippen LogP contribution in [0.25, 0.3) is 11.3 Å². The molecule has 3 N–H and O–H groups in total. The van der Waals surface area contributed by atoms with Gasteiger partial charge < -0.3 is 4.42 Å². The molecule has 0 aliphatic heterocycles. The number of carbonyl (C=O) groups excluding carboxylic acids is 1. The van der Waals surface area contributed by atoms with Crippen molar-refractivity contribution in [2.45, 2.75) is 4.90 Å². The van der Waals surface area contributed by atoms with Crippen LogP contribution in [0, 0.1) is 0 Å². The molecule has 2 heterocycles. The monoisotopic (exact) mass is 370 g/mol. The van der Waals surface area contributed by atoms with Crippen LogP contribution < -0.4 is 10.6 Å². The number of hydrogen-bond acceptors (Lipinski definition) is 6. The van der Waals surface area contributed by atoms with Crippen LogP contribution in [0.4, 0.5) is 0 Å². The Labute approximate surface area is 149 Å². The first-order valence-electron chi connectivity index (χ1n) is 7.40. The van der Waals surface area contributed by atoms with E-state index in [0.717, 1.165) is 0 Å². The third kappa shape index (κ3) is 4.21. The van der Waals surface area contributed by atoms with Crippen LogP contribution in [-0.2, 0) is 10.0 Å². The second-order valence-corrected chi connectivity index (χ2v) is 6.77. The summed E-state index contributed by atoms with van der Waals surface area (Å²) in [5.41, 5.74) is 3.44. The SMILES string of the molecule is NS(=O)(=O)c1ccc(-c2ccc(/C=N\NC(=O)c3cccnc3)o2)cc1. The Kier molecular flexibility index (Phi) is 4.92. The average Bonchev–Trinajstić information content (AvgIpc) is 3.11. The van der Waals surface area contributed by atoms with Gasteiger partial charge in [-0.15, -0.1) is 0 Å². The lowest BCUT2D eigenvalue weighted by Crippen LogP contribution is -2.17. The summed E-state index contributed by atoms with van der Waals surface area (Å²) in [6.45, 7) is 0. The van der Waals surface area contributed by atoms with Crippen molar-refractivity contribution < 1.29 is 17.6 Å². The number of nitrogens with zero attached hydrogens (tertiary/aromatic N) is 2. The van der Waals surface area contributed by atoms with E-state index in [1.54, 1.807) is 42.6 Å². The third-order valence-electron chi connectivity index (χ3n) is 3.38. The zero-order valence-electron chi connectivity index (χ0n) is 13.4. The summed E-state index contributed by atoms with van der Waals surface area (Å²) in [5, 5.41) is 8.89. The van der Waals surface area contributed by atoms with E-state index in [2.05, 4.69) is 15.5 Å². The van der Waals surface area contributed by atoms with Crippen LogP contribution in [-0.4, -0.2) is 25.5 Å². The van der Waals surface area contributed by atoms with Gasteiger partial charge in [0, 0.05) is 18.0 Å². The number of hydrogen-bond donors (Lipinski definition) is 2. The van der Waals surface area contributed by atoms with E-state index >= 15 is 0 Å². The van der Waals surface area contributed by atoms with Crippen molar-refractivity contribution in [3.8, 4) is 11.3 Å². The van der Waals surface area contributed by atoms with Gasteiger partial charge in [-0.05, 0) is 48.5 Å². The average molecular weight is 370 g/mol. The van der Waals surface area contributed by atoms with Gasteiger partial charge in [-0.25, -0.2) is 19.0 Å². The maximum Gasteiger partial charge on any atom is 0.272 e. The fourth-order valence-corrected chi connectivity index (χ4v) is 2.62. The number of amides is 1. The van der Waals surface area contributed by atoms with Crippen molar-refractivity contribution in [2.24, 2.45) is 10.2 Å².